The van der Waals surface area contributed by atoms with Gasteiger partial charge in [-0.2, -0.15) is 0 Å². The number of nitrogens with one attached hydrogen (secondary N) is 1. The Hall–Kier alpha value is -3.75. The Labute approximate surface area is 191 Å². The highest BCUT2D eigenvalue weighted by atomic mass is 32.3. The van der Waals surface area contributed by atoms with Gasteiger partial charge in [0, 0.05) is 31.0 Å². The zero-order chi connectivity index (χ0) is 21.6. The number of hydrogen-bond donors (Lipinski definition) is 1. The molecule has 0 aliphatic heterocycles. The molecule has 2 heteroatoms. The summed E-state index contributed by atoms with van der Waals surface area (Å²) in [5.74, 6) is 0. The summed E-state index contributed by atoms with van der Waals surface area (Å²) in [7, 11) is -1.63. The first-order valence-electron chi connectivity index (χ1n) is 10.8. The molecule has 0 radical (unpaired) electrons. The Morgan fingerprint density at radius 1 is 0.312 bits per heavy atom. The quantitative estimate of drug-likeness (QED) is 0.283. The van der Waals surface area contributed by atoms with Crippen LogP contribution in [0.1, 0.15) is 0 Å². The van der Waals surface area contributed by atoms with Crippen molar-refractivity contribution in [2.75, 3.05) is 5.32 Å². The number of para-hydroxylation sites is 1. The number of hydrogen-bond acceptors (Lipinski definition) is 1. The standard InChI is InChI=1S/C30H25NS/c1-5-13-25(14-6-1)31-26-21-23-30(24-22-26)32(27-15-7-2-8-16-27,28-17-9-3-10-18-28)29-19-11-4-12-20-29/h1-24,31H. The Bertz CT molecular complexity index is 1160. The fraction of sp³-hybridized carbons (Fsp3) is 0. The Morgan fingerprint density at radius 3 is 1.03 bits per heavy atom. The van der Waals surface area contributed by atoms with Crippen molar-refractivity contribution in [2.45, 2.75) is 19.6 Å². The normalized spacial score (nSPS) is 11.6. The van der Waals surface area contributed by atoms with E-state index in [4.69, 9.17) is 0 Å². The topological polar surface area (TPSA) is 12.0 Å². The van der Waals surface area contributed by atoms with Crippen molar-refractivity contribution in [1.82, 2.24) is 0 Å². The van der Waals surface area contributed by atoms with Crippen molar-refractivity contribution in [3.63, 3.8) is 0 Å². The van der Waals surface area contributed by atoms with Gasteiger partial charge < -0.3 is 5.32 Å². The lowest BCUT2D eigenvalue weighted by Gasteiger charge is -2.42. The van der Waals surface area contributed by atoms with Crippen molar-refractivity contribution in [1.29, 1.82) is 0 Å². The second-order valence-electron chi connectivity index (χ2n) is 7.57. The Morgan fingerprint density at radius 2 is 0.625 bits per heavy atom. The van der Waals surface area contributed by atoms with Crippen molar-refractivity contribution in [3.05, 3.63) is 146 Å². The van der Waals surface area contributed by atoms with E-state index < -0.39 is 10.0 Å². The molecule has 0 fully saturated rings. The van der Waals surface area contributed by atoms with E-state index in [1.165, 1.54) is 19.6 Å². The third-order valence-electron chi connectivity index (χ3n) is 5.56. The van der Waals surface area contributed by atoms with Crippen LogP contribution in [0, 0.1) is 0 Å². The minimum absolute atomic E-state index is 1.09. The van der Waals surface area contributed by atoms with Crippen LogP contribution in [0.15, 0.2) is 165 Å². The lowest BCUT2D eigenvalue weighted by atomic mass is 10.3. The maximum absolute atomic E-state index is 3.51. The van der Waals surface area contributed by atoms with Crippen LogP contribution in [-0.4, -0.2) is 0 Å². The maximum atomic E-state index is 3.51. The van der Waals surface area contributed by atoms with Gasteiger partial charge in [-0.15, -0.1) is 10.0 Å². The van der Waals surface area contributed by atoms with Crippen LogP contribution in [0.4, 0.5) is 11.4 Å². The van der Waals surface area contributed by atoms with Gasteiger partial charge in [0.1, 0.15) is 0 Å². The van der Waals surface area contributed by atoms with Crippen LogP contribution in [-0.2, 0) is 0 Å². The smallest absolute Gasteiger partial charge is 0.0384 e. The molecule has 0 aliphatic rings. The molecule has 0 heterocycles. The highest BCUT2D eigenvalue weighted by molar-refractivity contribution is 8.34. The zero-order valence-corrected chi connectivity index (χ0v) is 18.6. The Kier molecular flexibility index (Phi) is 5.78. The molecule has 0 amide bonds. The molecule has 1 nitrogen and oxygen atoms in total. The first kappa shape index (κ1) is 20.2. The minimum atomic E-state index is -1.63. The fourth-order valence-electron chi connectivity index (χ4n) is 4.12. The summed E-state index contributed by atoms with van der Waals surface area (Å²) < 4.78 is 0. The molecule has 0 atom stereocenters. The molecule has 5 rings (SSSR count). The van der Waals surface area contributed by atoms with Gasteiger partial charge in [0.2, 0.25) is 0 Å². The van der Waals surface area contributed by atoms with E-state index in [9.17, 15) is 0 Å². The molecular weight excluding hydrogens is 406 g/mol. The molecule has 5 aromatic carbocycles. The summed E-state index contributed by atoms with van der Waals surface area (Å²) in [6.07, 6.45) is 0. The van der Waals surface area contributed by atoms with Crippen molar-refractivity contribution < 1.29 is 0 Å². The van der Waals surface area contributed by atoms with Gasteiger partial charge in [-0.25, -0.2) is 0 Å². The van der Waals surface area contributed by atoms with E-state index in [1.54, 1.807) is 0 Å². The second kappa shape index (κ2) is 9.17. The van der Waals surface area contributed by atoms with Gasteiger partial charge in [0.05, 0.1) is 0 Å². The number of anilines is 2. The third kappa shape index (κ3) is 3.81. The van der Waals surface area contributed by atoms with E-state index in [-0.39, 0.29) is 0 Å². The number of benzene rings is 5. The predicted molar refractivity (Wildman–Crippen MR) is 136 cm³/mol. The van der Waals surface area contributed by atoms with Gasteiger partial charge in [0.15, 0.2) is 0 Å². The summed E-state index contributed by atoms with van der Waals surface area (Å²) >= 11 is 0. The lowest BCUT2D eigenvalue weighted by molar-refractivity contribution is 1.24. The van der Waals surface area contributed by atoms with E-state index in [0.29, 0.717) is 0 Å². The molecule has 32 heavy (non-hydrogen) atoms. The van der Waals surface area contributed by atoms with Crippen molar-refractivity contribution >= 4 is 21.4 Å². The van der Waals surface area contributed by atoms with Crippen LogP contribution in [0.2, 0.25) is 0 Å². The van der Waals surface area contributed by atoms with Crippen LogP contribution >= 0.6 is 10.0 Å². The SMILES string of the molecule is c1ccc(Nc2ccc(S(c3ccccc3)(c3ccccc3)c3ccccc3)cc2)cc1. The molecule has 0 aromatic heterocycles. The van der Waals surface area contributed by atoms with E-state index in [0.717, 1.165) is 11.4 Å². The maximum Gasteiger partial charge on any atom is 0.0384 e. The summed E-state index contributed by atoms with van der Waals surface area (Å²) in [5, 5.41) is 3.51. The molecule has 0 saturated carbocycles. The molecule has 156 valence electrons. The largest absolute Gasteiger partial charge is 0.356 e. The molecular formula is C30H25NS. The second-order valence-corrected chi connectivity index (χ2v) is 10.7. The molecule has 0 saturated heterocycles. The monoisotopic (exact) mass is 431 g/mol. The van der Waals surface area contributed by atoms with E-state index in [1.807, 2.05) is 18.2 Å². The van der Waals surface area contributed by atoms with Crippen LogP contribution < -0.4 is 5.32 Å². The number of rotatable bonds is 6. The zero-order valence-electron chi connectivity index (χ0n) is 17.8. The van der Waals surface area contributed by atoms with Gasteiger partial charge in [-0.1, -0.05) is 72.8 Å². The van der Waals surface area contributed by atoms with E-state index >= 15 is 0 Å². The summed E-state index contributed by atoms with van der Waals surface area (Å²) in [4.78, 5) is 5.32. The highest BCUT2D eigenvalue weighted by Crippen LogP contribution is 2.73. The lowest BCUT2D eigenvalue weighted by Crippen LogP contribution is -2.05. The van der Waals surface area contributed by atoms with Crippen LogP contribution in [0.25, 0.3) is 0 Å². The molecule has 0 bridgehead atoms. The molecule has 5 aromatic rings. The fourth-order valence-corrected chi connectivity index (χ4v) is 7.99. The first-order chi connectivity index (χ1) is 15.9. The van der Waals surface area contributed by atoms with Crippen LogP contribution in [0.5, 0.6) is 0 Å². The Balaban J connectivity index is 1.70. The molecule has 0 aliphatic carbocycles. The molecule has 0 spiro atoms. The third-order valence-corrected chi connectivity index (χ3v) is 9.48. The summed E-state index contributed by atoms with van der Waals surface area (Å²) in [6, 6.07) is 52.0. The van der Waals surface area contributed by atoms with Crippen molar-refractivity contribution in [2.24, 2.45) is 0 Å². The van der Waals surface area contributed by atoms with Gasteiger partial charge >= 0.3 is 0 Å². The average Bonchev–Trinajstić information content (AvgIpc) is 2.88. The van der Waals surface area contributed by atoms with Gasteiger partial charge in [-0.05, 0) is 72.8 Å². The van der Waals surface area contributed by atoms with Crippen molar-refractivity contribution in [3.8, 4) is 0 Å². The average molecular weight is 432 g/mol. The first-order valence-corrected chi connectivity index (χ1v) is 12.4. The molecule has 0 unspecified atom stereocenters. The van der Waals surface area contributed by atoms with Gasteiger partial charge in [0.25, 0.3) is 0 Å². The molecule has 1 N–H and O–H groups in total. The summed E-state index contributed by atoms with van der Waals surface area (Å²) in [5.41, 5.74) is 2.18. The van der Waals surface area contributed by atoms with Gasteiger partial charge in [-0.3, -0.25) is 0 Å². The van der Waals surface area contributed by atoms with E-state index in [2.05, 4.69) is 133 Å². The summed E-state index contributed by atoms with van der Waals surface area (Å²) in [6.45, 7) is 0. The van der Waals surface area contributed by atoms with Crippen LogP contribution in [0.3, 0.4) is 0 Å². The highest BCUT2D eigenvalue weighted by Gasteiger charge is 2.32. The predicted octanol–water partition coefficient (Wildman–Crippen LogP) is 8.77. The minimum Gasteiger partial charge on any atom is -0.356 e.